The van der Waals surface area contributed by atoms with Gasteiger partial charge in [-0.25, -0.2) is 22.8 Å². The van der Waals surface area contributed by atoms with Gasteiger partial charge in [0, 0.05) is 29.4 Å². The van der Waals surface area contributed by atoms with Crippen molar-refractivity contribution in [2.75, 3.05) is 11.6 Å². The van der Waals surface area contributed by atoms with E-state index in [0.717, 1.165) is 12.1 Å². The molecule has 2 aromatic carbocycles. The summed E-state index contributed by atoms with van der Waals surface area (Å²) in [6.45, 7) is 0. The Kier molecular flexibility index (Phi) is 6.48. The number of ketones is 1. The predicted octanol–water partition coefficient (Wildman–Crippen LogP) is 6.02. The molecule has 0 bridgehead atoms. The van der Waals surface area contributed by atoms with Gasteiger partial charge in [0.15, 0.2) is 11.5 Å². The maximum Gasteiger partial charge on any atom is 0.276 e. The van der Waals surface area contributed by atoms with Crippen LogP contribution in [0.25, 0.3) is 16.7 Å². The van der Waals surface area contributed by atoms with Crippen LogP contribution in [-0.4, -0.2) is 37.7 Å². The molecule has 7 nitrogen and oxygen atoms in total. The first-order valence-electron chi connectivity index (χ1n) is 10.6. The second-order valence-corrected chi connectivity index (χ2v) is 9.04. The number of aromatic nitrogens is 4. The molecule has 186 valence electrons. The van der Waals surface area contributed by atoms with Crippen molar-refractivity contribution in [3.05, 3.63) is 100 Å². The number of fused-ring (bicyclic) bond motifs is 1. The number of pyridine rings is 1. The van der Waals surface area contributed by atoms with Crippen molar-refractivity contribution in [3.8, 4) is 5.69 Å². The molecule has 5 aromatic rings. The first-order chi connectivity index (χ1) is 17.8. The van der Waals surface area contributed by atoms with Gasteiger partial charge in [-0.1, -0.05) is 11.6 Å². The molecule has 37 heavy (non-hydrogen) atoms. The molecule has 0 aliphatic heterocycles. The number of hydrogen-bond donors (Lipinski definition) is 2. The molecular formula is C25H15ClF3N5O2S. The number of hydrogen-bond acceptors (Lipinski definition) is 5. The lowest BCUT2D eigenvalue weighted by Gasteiger charge is -2.10. The van der Waals surface area contributed by atoms with Gasteiger partial charge in [-0.3, -0.25) is 9.59 Å². The first-order valence-corrected chi connectivity index (χ1v) is 12.2. The van der Waals surface area contributed by atoms with Gasteiger partial charge in [0.05, 0.1) is 22.0 Å². The van der Waals surface area contributed by atoms with E-state index < -0.39 is 40.4 Å². The molecule has 0 radical (unpaired) electrons. The number of aromatic amines is 1. The lowest BCUT2D eigenvalue weighted by molar-refractivity contribution is 0.101. The first kappa shape index (κ1) is 24.6. The third kappa shape index (κ3) is 4.58. The fourth-order valence-electron chi connectivity index (χ4n) is 3.73. The van der Waals surface area contributed by atoms with Crippen molar-refractivity contribution in [3.63, 3.8) is 0 Å². The van der Waals surface area contributed by atoms with Crippen LogP contribution in [0.2, 0.25) is 5.02 Å². The van der Waals surface area contributed by atoms with Crippen LogP contribution < -0.4 is 5.32 Å². The SMILES string of the molecule is CSc1cc(C(=O)Nc2ccc(F)c(C(=O)c3c[nH]c4ncc(Cl)cc34)c2F)nn1-c1ccc(F)cc1. The summed E-state index contributed by atoms with van der Waals surface area (Å²) in [5.74, 6) is -4.51. The van der Waals surface area contributed by atoms with E-state index >= 15 is 4.39 Å². The highest BCUT2D eigenvalue weighted by molar-refractivity contribution is 7.98. The number of benzene rings is 2. The van der Waals surface area contributed by atoms with Crippen molar-refractivity contribution < 1.29 is 22.8 Å². The predicted molar refractivity (Wildman–Crippen MR) is 134 cm³/mol. The minimum absolute atomic E-state index is 0.0334. The quantitative estimate of drug-likeness (QED) is 0.202. The zero-order chi connectivity index (χ0) is 26.3. The lowest BCUT2D eigenvalue weighted by atomic mass is 10.0. The Labute approximate surface area is 216 Å². The molecule has 0 aliphatic carbocycles. The lowest BCUT2D eigenvalue weighted by Crippen LogP contribution is -2.16. The fourth-order valence-corrected chi connectivity index (χ4v) is 4.44. The third-order valence-corrected chi connectivity index (χ3v) is 6.41. The molecule has 12 heteroatoms. The van der Waals surface area contributed by atoms with Crippen LogP contribution in [0, 0.1) is 17.5 Å². The Bertz CT molecular complexity index is 1680. The molecule has 2 N–H and O–H groups in total. The molecule has 0 fully saturated rings. The van der Waals surface area contributed by atoms with Crippen LogP contribution in [-0.2, 0) is 0 Å². The van der Waals surface area contributed by atoms with Crippen LogP contribution >= 0.6 is 23.4 Å². The smallest absolute Gasteiger partial charge is 0.276 e. The number of carbonyl (C=O) groups is 2. The van der Waals surface area contributed by atoms with Gasteiger partial charge in [-0.2, -0.15) is 5.10 Å². The molecule has 0 saturated carbocycles. The van der Waals surface area contributed by atoms with E-state index in [1.165, 1.54) is 65.2 Å². The van der Waals surface area contributed by atoms with E-state index in [9.17, 15) is 18.4 Å². The Balaban J connectivity index is 1.47. The maximum absolute atomic E-state index is 15.4. The van der Waals surface area contributed by atoms with Gasteiger partial charge >= 0.3 is 0 Å². The third-order valence-electron chi connectivity index (χ3n) is 5.50. The van der Waals surface area contributed by atoms with Gasteiger partial charge in [0.25, 0.3) is 5.91 Å². The van der Waals surface area contributed by atoms with E-state index in [1.807, 2.05) is 0 Å². The second-order valence-electron chi connectivity index (χ2n) is 7.78. The maximum atomic E-state index is 15.4. The molecule has 3 heterocycles. The van der Waals surface area contributed by atoms with E-state index in [-0.39, 0.29) is 16.3 Å². The van der Waals surface area contributed by atoms with Crippen LogP contribution in [0.3, 0.4) is 0 Å². The molecule has 0 unspecified atom stereocenters. The number of halogens is 4. The second kappa shape index (κ2) is 9.75. The molecule has 0 atom stereocenters. The van der Waals surface area contributed by atoms with Gasteiger partial charge in [0.1, 0.15) is 22.3 Å². The summed E-state index contributed by atoms with van der Waals surface area (Å²) in [4.78, 5) is 32.8. The number of H-pyrrole nitrogens is 1. The number of nitrogens with zero attached hydrogens (tertiary/aromatic N) is 3. The summed E-state index contributed by atoms with van der Waals surface area (Å²) in [5, 5.41) is 7.69. The highest BCUT2D eigenvalue weighted by atomic mass is 35.5. The summed E-state index contributed by atoms with van der Waals surface area (Å²) >= 11 is 7.25. The minimum Gasteiger partial charge on any atom is -0.345 e. The van der Waals surface area contributed by atoms with Crippen LogP contribution in [0.4, 0.5) is 18.9 Å². The average molecular weight is 542 g/mol. The number of carbonyl (C=O) groups excluding carboxylic acids is 2. The number of amides is 1. The van der Waals surface area contributed by atoms with Gasteiger partial charge in [-0.15, -0.1) is 11.8 Å². The molecule has 0 saturated heterocycles. The molecule has 5 rings (SSSR count). The fraction of sp³-hybridized carbons (Fsp3) is 0.0400. The van der Waals surface area contributed by atoms with Crippen molar-refractivity contribution in [1.29, 1.82) is 0 Å². The highest BCUT2D eigenvalue weighted by Gasteiger charge is 2.26. The Morgan fingerprint density at radius 2 is 1.84 bits per heavy atom. The van der Waals surface area contributed by atoms with E-state index in [0.29, 0.717) is 21.7 Å². The Morgan fingerprint density at radius 3 is 2.57 bits per heavy atom. The van der Waals surface area contributed by atoms with Crippen molar-refractivity contribution >= 4 is 51.8 Å². The number of nitrogens with one attached hydrogen (secondary N) is 2. The summed E-state index contributed by atoms with van der Waals surface area (Å²) < 4.78 is 44.8. The summed E-state index contributed by atoms with van der Waals surface area (Å²) in [7, 11) is 0. The summed E-state index contributed by atoms with van der Waals surface area (Å²) in [6.07, 6.45) is 4.42. The van der Waals surface area contributed by atoms with Gasteiger partial charge in [0.2, 0.25) is 5.78 Å². The molecule has 3 aromatic heterocycles. The molecule has 1 amide bonds. The average Bonchev–Trinajstić information content (AvgIpc) is 3.50. The zero-order valence-corrected chi connectivity index (χ0v) is 20.4. The van der Waals surface area contributed by atoms with Gasteiger partial charge in [-0.05, 0) is 48.7 Å². The summed E-state index contributed by atoms with van der Waals surface area (Å²) in [5.41, 5.74) is -0.525. The Hall–Kier alpha value is -4.09. The van der Waals surface area contributed by atoms with Crippen molar-refractivity contribution in [2.24, 2.45) is 0 Å². The highest BCUT2D eigenvalue weighted by Crippen LogP contribution is 2.28. The van der Waals surface area contributed by atoms with Crippen LogP contribution in [0.5, 0.6) is 0 Å². The minimum atomic E-state index is -1.24. The van der Waals surface area contributed by atoms with Crippen LogP contribution in [0.1, 0.15) is 26.4 Å². The van der Waals surface area contributed by atoms with Crippen molar-refractivity contribution in [2.45, 2.75) is 5.03 Å². The normalized spacial score (nSPS) is 11.2. The Morgan fingerprint density at radius 1 is 1.08 bits per heavy atom. The monoisotopic (exact) mass is 541 g/mol. The number of thioether (sulfide) groups is 1. The summed E-state index contributed by atoms with van der Waals surface area (Å²) in [6, 6.07) is 10.3. The number of anilines is 1. The largest absolute Gasteiger partial charge is 0.345 e. The van der Waals surface area contributed by atoms with E-state index in [2.05, 4.69) is 20.4 Å². The van der Waals surface area contributed by atoms with E-state index in [1.54, 1.807) is 6.26 Å². The zero-order valence-electron chi connectivity index (χ0n) is 18.9. The van der Waals surface area contributed by atoms with Gasteiger partial charge < -0.3 is 10.3 Å². The molecular weight excluding hydrogens is 527 g/mol. The topological polar surface area (TPSA) is 92.7 Å². The molecule has 0 aliphatic rings. The number of rotatable bonds is 6. The van der Waals surface area contributed by atoms with E-state index in [4.69, 9.17) is 11.6 Å². The van der Waals surface area contributed by atoms with Crippen LogP contribution in [0.15, 0.2) is 66.0 Å². The molecule has 0 spiro atoms. The van der Waals surface area contributed by atoms with Crippen molar-refractivity contribution in [1.82, 2.24) is 19.7 Å². The standard InChI is InChI=1S/C25H15ClF3N5O2S/c1-37-20-9-19(33-34(20)14-4-2-13(27)3-5-14)25(36)32-18-7-6-17(28)21(22(18)29)23(35)16-11-31-24-15(16)8-12(26)10-30-24/h2-11H,1H3,(H,30,31)(H,32,36).